The quantitative estimate of drug-likeness (QED) is 0.730. The van der Waals surface area contributed by atoms with Crippen molar-refractivity contribution in [3.63, 3.8) is 0 Å². The van der Waals surface area contributed by atoms with Gasteiger partial charge in [-0.3, -0.25) is 0 Å². The second-order valence-electron chi connectivity index (χ2n) is 6.43. The van der Waals surface area contributed by atoms with Crippen molar-refractivity contribution in [2.24, 2.45) is 5.41 Å². The van der Waals surface area contributed by atoms with Crippen LogP contribution in [-0.4, -0.2) is 57.0 Å². The fraction of sp³-hybridized carbons (Fsp3) is 0.647. The van der Waals surface area contributed by atoms with Crippen LogP contribution in [0.15, 0.2) is 30.3 Å². The lowest BCUT2D eigenvalue weighted by atomic mass is 9.80. The maximum absolute atomic E-state index is 9.85. The van der Waals surface area contributed by atoms with Crippen molar-refractivity contribution in [3.8, 4) is 0 Å². The second kappa shape index (κ2) is 8.49. The third-order valence-electron chi connectivity index (χ3n) is 3.76. The van der Waals surface area contributed by atoms with Gasteiger partial charge in [0.1, 0.15) is 0 Å². The summed E-state index contributed by atoms with van der Waals surface area (Å²) in [6.45, 7) is 6.37. The molecular formula is C17H30N2O2. The highest BCUT2D eigenvalue weighted by Crippen LogP contribution is 2.33. The number of hydrogen-bond donors (Lipinski definition) is 2. The van der Waals surface area contributed by atoms with Gasteiger partial charge in [0.25, 0.3) is 0 Å². The van der Waals surface area contributed by atoms with Crippen molar-refractivity contribution >= 4 is 0 Å². The topological polar surface area (TPSA) is 44.7 Å². The van der Waals surface area contributed by atoms with E-state index in [9.17, 15) is 5.11 Å². The highest BCUT2D eigenvalue weighted by Gasteiger charge is 2.31. The largest absolute Gasteiger partial charge is 0.389 e. The molecule has 2 atom stereocenters. The molecule has 0 saturated carbocycles. The Hall–Kier alpha value is -0.940. The minimum Gasteiger partial charge on any atom is -0.389 e. The molecule has 0 radical (unpaired) electrons. The molecule has 0 fully saturated rings. The van der Waals surface area contributed by atoms with Gasteiger partial charge >= 0.3 is 0 Å². The lowest BCUT2D eigenvalue weighted by Crippen LogP contribution is -2.43. The number of benzene rings is 1. The van der Waals surface area contributed by atoms with Crippen LogP contribution in [0.25, 0.3) is 0 Å². The molecule has 0 aromatic heterocycles. The highest BCUT2D eigenvalue weighted by atomic mass is 16.5. The predicted molar refractivity (Wildman–Crippen MR) is 87.4 cm³/mol. The van der Waals surface area contributed by atoms with Crippen molar-refractivity contribution in [2.45, 2.75) is 26.0 Å². The molecular weight excluding hydrogens is 264 g/mol. The molecule has 2 unspecified atom stereocenters. The average Bonchev–Trinajstić information content (AvgIpc) is 2.39. The summed E-state index contributed by atoms with van der Waals surface area (Å²) in [6.07, 6.45) is -0.444. The van der Waals surface area contributed by atoms with Gasteiger partial charge in [-0.25, -0.2) is 0 Å². The van der Waals surface area contributed by atoms with E-state index in [1.54, 1.807) is 7.11 Å². The molecule has 0 aliphatic rings. The summed E-state index contributed by atoms with van der Waals surface area (Å²) in [6, 6.07) is 10.8. The molecule has 0 spiro atoms. The Labute approximate surface area is 129 Å². The van der Waals surface area contributed by atoms with Gasteiger partial charge in [0, 0.05) is 26.2 Å². The molecule has 120 valence electrons. The zero-order valence-corrected chi connectivity index (χ0v) is 14.0. The molecule has 21 heavy (non-hydrogen) atoms. The van der Waals surface area contributed by atoms with Crippen molar-refractivity contribution < 1.29 is 9.84 Å². The molecule has 1 rings (SSSR count). The van der Waals surface area contributed by atoms with Gasteiger partial charge in [0.2, 0.25) is 0 Å². The molecule has 1 aromatic rings. The van der Waals surface area contributed by atoms with Crippen LogP contribution in [0.4, 0.5) is 0 Å². The van der Waals surface area contributed by atoms with E-state index in [1.807, 2.05) is 20.2 Å². The lowest BCUT2D eigenvalue weighted by molar-refractivity contribution is 0.0328. The van der Waals surface area contributed by atoms with Crippen LogP contribution in [0.2, 0.25) is 0 Å². The Morgan fingerprint density at radius 2 is 1.90 bits per heavy atom. The minimum absolute atomic E-state index is 0.0393. The van der Waals surface area contributed by atoms with Crippen LogP contribution in [0.5, 0.6) is 0 Å². The first-order valence-electron chi connectivity index (χ1n) is 7.48. The second-order valence-corrected chi connectivity index (χ2v) is 6.43. The predicted octanol–water partition coefficient (Wildman–Crippen LogP) is 1.91. The number of rotatable bonds is 9. The Morgan fingerprint density at radius 1 is 1.29 bits per heavy atom. The van der Waals surface area contributed by atoms with E-state index in [4.69, 9.17) is 4.74 Å². The van der Waals surface area contributed by atoms with Gasteiger partial charge in [0.15, 0.2) is 0 Å². The van der Waals surface area contributed by atoms with Crippen LogP contribution >= 0.6 is 0 Å². The molecule has 4 nitrogen and oxygen atoms in total. The van der Waals surface area contributed by atoms with Gasteiger partial charge in [-0.05, 0) is 25.1 Å². The summed E-state index contributed by atoms with van der Waals surface area (Å²) in [7, 11) is 5.65. The van der Waals surface area contributed by atoms with Gasteiger partial charge in [-0.15, -0.1) is 0 Å². The molecule has 0 heterocycles. The van der Waals surface area contributed by atoms with Crippen molar-refractivity contribution in [2.75, 3.05) is 40.9 Å². The fourth-order valence-corrected chi connectivity index (χ4v) is 3.11. The van der Waals surface area contributed by atoms with Crippen molar-refractivity contribution in [1.29, 1.82) is 0 Å². The molecule has 0 amide bonds. The van der Waals surface area contributed by atoms with E-state index < -0.39 is 6.10 Å². The van der Waals surface area contributed by atoms with Crippen LogP contribution in [0.3, 0.4) is 0 Å². The molecule has 0 saturated heterocycles. The first-order chi connectivity index (χ1) is 9.90. The first kappa shape index (κ1) is 18.1. The summed E-state index contributed by atoms with van der Waals surface area (Å²) < 4.78 is 4.98. The van der Waals surface area contributed by atoms with Crippen LogP contribution in [0, 0.1) is 5.41 Å². The summed E-state index contributed by atoms with van der Waals surface area (Å²) in [5.41, 5.74) is 1.33. The first-order valence-corrected chi connectivity index (χ1v) is 7.48. The summed E-state index contributed by atoms with van der Waals surface area (Å²) >= 11 is 0. The summed E-state index contributed by atoms with van der Waals surface area (Å²) in [4.78, 5) is 2.16. The standard InChI is InChI=1S/C17H30N2O2/c1-17(2,13-19(4)11-15(20)12-21-5)16(18-3)14-9-7-6-8-10-14/h6-10,15-16,18,20H,11-13H2,1-5H3. The smallest absolute Gasteiger partial charge is 0.0899 e. The Balaban J connectivity index is 2.69. The Bertz CT molecular complexity index is 395. The number of nitrogens with zero attached hydrogens (tertiary/aromatic N) is 1. The maximum atomic E-state index is 9.85. The number of nitrogens with one attached hydrogen (secondary N) is 1. The molecule has 0 aliphatic heterocycles. The summed E-state index contributed by atoms with van der Waals surface area (Å²) in [5, 5.41) is 13.3. The Kier molecular flexibility index (Phi) is 7.32. The molecule has 0 bridgehead atoms. The zero-order chi connectivity index (χ0) is 15.9. The van der Waals surface area contributed by atoms with E-state index in [0.29, 0.717) is 13.2 Å². The van der Waals surface area contributed by atoms with Crippen molar-refractivity contribution in [1.82, 2.24) is 10.2 Å². The number of methoxy groups -OCH3 is 1. The van der Waals surface area contributed by atoms with Gasteiger partial charge in [-0.2, -0.15) is 0 Å². The van der Waals surface area contributed by atoms with E-state index in [1.165, 1.54) is 5.56 Å². The number of aliphatic hydroxyl groups excluding tert-OH is 1. The zero-order valence-electron chi connectivity index (χ0n) is 14.0. The fourth-order valence-electron chi connectivity index (χ4n) is 3.11. The van der Waals surface area contributed by atoms with Crippen LogP contribution in [0.1, 0.15) is 25.5 Å². The number of likely N-dealkylation sites (N-methyl/N-ethyl adjacent to an activating group) is 1. The van der Waals surface area contributed by atoms with Crippen LogP contribution in [-0.2, 0) is 4.74 Å². The normalized spacial score (nSPS) is 15.2. The number of hydrogen-bond acceptors (Lipinski definition) is 4. The summed E-state index contributed by atoms with van der Waals surface area (Å²) in [5.74, 6) is 0. The van der Waals surface area contributed by atoms with E-state index >= 15 is 0 Å². The number of ether oxygens (including phenoxy) is 1. The monoisotopic (exact) mass is 294 g/mol. The van der Waals surface area contributed by atoms with Gasteiger partial charge in [-0.1, -0.05) is 44.2 Å². The van der Waals surface area contributed by atoms with E-state index in [2.05, 4.69) is 48.3 Å². The van der Waals surface area contributed by atoms with E-state index in [0.717, 1.165) is 6.54 Å². The molecule has 1 aromatic carbocycles. The van der Waals surface area contributed by atoms with E-state index in [-0.39, 0.29) is 11.5 Å². The maximum Gasteiger partial charge on any atom is 0.0899 e. The average molecular weight is 294 g/mol. The molecule has 2 N–H and O–H groups in total. The Morgan fingerprint density at radius 3 is 2.43 bits per heavy atom. The van der Waals surface area contributed by atoms with Crippen LogP contribution < -0.4 is 5.32 Å². The number of aliphatic hydroxyl groups is 1. The highest BCUT2D eigenvalue weighted by molar-refractivity contribution is 5.21. The SMILES string of the molecule is CNC(c1ccccc1)C(C)(C)CN(C)CC(O)COC. The minimum atomic E-state index is -0.444. The molecule has 0 aliphatic carbocycles. The van der Waals surface area contributed by atoms with Crippen molar-refractivity contribution in [3.05, 3.63) is 35.9 Å². The third-order valence-corrected chi connectivity index (χ3v) is 3.76. The molecule has 4 heteroatoms. The lowest BCUT2D eigenvalue weighted by Gasteiger charge is -2.38. The third kappa shape index (κ3) is 5.75. The van der Waals surface area contributed by atoms with Gasteiger partial charge < -0.3 is 20.1 Å². The van der Waals surface area contributed by atoms with Gasteiger partial charge in [0.05, 0.1) is 12.7 Å².